The van der Waals surface area contributed by atoms with Gasteiger partial charge in [-0.05, 0) is 36.8 Å². The van der Waals surface area contributed by atoms with Gasteiger partial charge in [-0.3, -0.25) is 15.1 Å². The maximum atomic E-state index is 12.4. The maximum Gasteiger partial charge on any atom is 0.244 e. The Kier molecular flexibility index (Phi) is 7.50. The summed E-state index contributed by atoms with van der Waals surface area (Å²) >= 11 is 0. The van der Waals surface area contributed by atoms with Crippen LogP contribution in [0.5, 0.6) is 0 Å². The number of aliphatic imine (C=N–C) groups is 1. The number of carbonyl (C=O) groups excluding carboxylic acids is 1. The van der Waals surface area contributed by atoms with E-state index in [9.17, 15) is 4.79 Å². The molecule has 0 spiro atoms. The van der Waals surface area contributed by atoms with Gasteiger partial charge in [0.05, 0.1) is 12.9 Å². The Hall–Kier alpha value is -3.27. The molecule has 0 radical (unpaired) electrons. The monoisotopic (exact) mass is 407 g/mol. The molecule has 3 N–H and O–H groups in total. The van der Waals surface area contributed by atoms with Gasteiger partial charge >= 0.3 is 0 Å². The average molecular weight is 408 g/mol. The van der Waals surface area contributed by atoms with Crippen molar-refractivity contribution >= 4 is 11.9 Å². The van der Waals surface area contributed by atoms with E-state index in [2.05, 4.69) is 33.1 Å². The SMILES string of the molecule is CN=C(NC#N)NC1CCC(CNC(=O)/C=C/C2=COCC2)(c2ccccc2)CC1. The fourth-order valence-electron chi connectivity index (χ4n) is 4.10. The van der Waals surface area contributed by atoms with Crippen LogP contribution in [-0.4, -0.2) is 38.1 Å². The molecule has 30 heavy (non-hydrogen) atoms. The fourth-order valence-corrected chi connectivity index (χ4v) is 4.10. The third kappa shape index (κ3) is 5.63. The molecule has 0 atom stereocenters. The lowest BCUT2D eigenvalue weighted by Crippen LogP contribution is -2.49. The smallest absolute Gasteiger partial charge is 0.244 e. The first-order chi connectivity index (χ1) is 14.6. The van der Waals surface area contributed by atoms with Crippen molar-refractivity contribution in [3.63, 3.8) is 0 Å². The van der Waals surface area contributed by atoms with Crippen molar-refractivity contribution < 1.29 is 9.53 Å². The molecule has 1 saturated carbocycles. The molecule has 1 aromatic carbocycles. The summed E-state index contributed by atoms with van der Waals surface area (Å²) < 4.78 is 5.20. The van der Waals surface area contributed by atoms with E-state index in [0.717, 1.165) is 37.7 Å². The summed E-state index contributed by atoms with van der Waals surface area (Å²) in [5.74, 6) is 0.412. The highest BCUT2D eigenvalue weighted by atomic mass is 16.5. The van der Waals surface area contributed by atoms with Gasteiger partial charge in [-0.25, -0.2) is 0 Å². The molecule has 0 saturated heterocycles. The molecule has 7 heteroatoms. The first kappa shape index (κ1) is 21.4. The molecule has 1 fully saturated rings. The van der Waals surface area contributed by atoms with Gasteiger partial charge in [-0.2, -0.15) is 5.26 Å². The van der Waals surface area contributed by atoms with Crippen molar-refractivity contribution in [2.45, 2.75) is 43.6 Å². The molecule has 1 aromatic rings. The van der Waals surface area contributed by atoms with Crippen molar-refractivity contribution in [3.05, 3.63) is 59.9 Å². The second-order valence-electron chi connectivity index (χ2n) is 7.74. The number of nitriles is 1. The Labute approximate surface area is 177 Å². The van der Waals surface area contributed by atoms with Crippen LogP contribution in [-0.2, 0) is 14.9 Å². The third-order valence-corrected chi connectivity index (χ3v) is 5.86. The lowest BCUT2D eigenvalue weighted by atomic mass is 9.68. The number of rotatable bonds is 6. The largest absolute Gasteiger partial charge is 0.501 e. The first-order valence-electron chi connectivity index (χ1n) is 10.4. The molecule has 2 aliphatic rings. The molecule has 7 nitrogen and oxygen atoms in total. The van der Waals surface area contributed by atoms with Crippen LogP contribution < -0.4 is 16.0 Å². The van der Waals surface area contributed by atoms with Crippen LogP contribution >= 0.6 is 0 Å². The number of carbonyl (C=O) groups is 1. The van der Waals surface area contributed by atoms with Crippen molar-refractivity contribution in [1.82, 2.24) is 16.0 Å². The topological polar surface area (TPSA) is 98.5 Å². The quantitative estimate of drug-likeness (QED) is 0.221. The van der Waals surface area contributed by atoms with Crippen LogP contribution in [0.1, 0.15) is 37.7 Å². The van der Waals surface area contributed by atoms with E-state index in [0.29, 0.717) is 19.1 Å². The lowest BCUT2D eigenvalue weighted by molar-refractivity contribution is -0.116. The summed E-state index contributed by atoms with van der Waals surface area (Å²) in [6, 6.07) is 10.6. The second-order valence-corrected chi connectivity index (χ2v) is 7.74. The predicted octanol–water partition coefficient (Wildman–Crippen LogP) is 2.49. The van der Waals surface area contributed by atoms with Gasteiger partial charge in [-0.15, -0.1) is 0 Å². The van der Waals surface area contributed by atoms with E-state index in [1.165, 1.54) is 5.56 Å². The zero-order valence-electron chi connectivity index (χ0n) is 17.4. The normalized spacial score (nSPS) is 23.9. The van der Waals surface area contributed by atoms with Gasteiger partial charge in [0.1, 0.15) is 0 Å². The van der Waals surface area contributed by atoms with Gasteiger partial charge in [-0.1, -0.05) is 36.4 Å². The highest BCUT2D eigenvalue weighted by molar-refractivity contribution is 5.88. The highest BCUT2D eigenvalue weighted by Gasteiger charge is 2.37. The Morgan fingerprint density at radius 2 is 2.10 bits per heavy atom. The first-order valence-corrected chi connectivity index (χ1v) is 10.4. The molecule has 3 rings (SSSR count). The number of guanidine groups is 1. The number of hydrogen-bond acceptors (Lipinski definition) is 4. The van der Waals surface area contributed by atoms with Crippen molar-refractivity contribution in [2.24, 2.45) is 4.99 Å². The number of nitrogens with one attached hydrogen (secondary N) is 3. The van der Waals surface area contributed by atoms with E-state index in [-0.39, 0.29) is 17.4 Å². The molecular formula is C23H29N5O2. The minimum absolute atomic E-state index is 0.0861. The van der Waals surface area contributed by atoms with Gasteiger partial charge in [0, 0.05) is 37.5 Å². The molecule has 0 bridgehead atoms. The second kappa shape index (κ2) is 10.5. The number of allylic oxidation sites excluding steroid dienone is 1. The highest BCUT2D eigenvalue weighted by Crippen LogP contribution is 2.39. The summed E-state index contributed by atoms with van der Waals surface area (Å²) in [7, 11) is 1.65. The average Bonchev–Trinajstić information content (AvgIpc) is 3.31. The van der Waals surface area contributed by atoms with Crippen LogP contribution in [0.2, 0.25) is 0 Å². The maximum absolute atomic E-state index is 12.4. The van der Waals surface area contributed by atoms with Crippen LogP contribution in [0.25, 0.3) is 0 Å². The van der Waals surface area contributed by atoms with Gasteiger partial charge in [0.25, 0.3) is 0 Å². The van der Waals surface area contributed by atoms with Crippen LogP contribution in [0.3, 0.4) is 0 Å². The zero-order chi connectivity index (χ0) is 21.2. The molecule has 1 amide bonds. The van der Waals surface area contributed by atoms with E-state index in [1.54, 1.807) is 19.4 Å². The van der Waals surface area contributed by atoms with Crippen molar-refractivity contribution in [3.8, 4) is 6.19 Å². The van der Waals surface area contributed by atoms with Crippen molar-refractivity contribution in [2.75, 3.05) is 20.2 Å². The molecule has 1 aliphatic carbocycles. The van der Waals surface area contributed by atoms with E-state index in [4.69, 9.17) is 10.00 Å². The van der Waals surface area contributed by atoms with Gasteiger partial charge in [0.2, 0.25) is 11.9 Å². The molecular weight excluding hydrogens is 378 g/mol. The molecule has 0 aromatic heterocycles. The predicted molar refractivity (Wildman–Crippen MR) is 116 cm³/mol. The zero-order valence-corrected chi connectivity index (χ0v) is 17.4. The molecule has 1 aliphatic heterocycles. The van der Waals surface area contributed by atoms with E-state index >= 15 is 0 Å². The number of ether oxygens (including phenoxy) is 1. The summed E-state index contributed by atoms with van der Waals surface area (Å²) in [5, 5.41) is 17.8. The number of benzene rings is 1. The molecule has 158 valence electrons. The van der Waals surface area contributed by atoms with E-state index in [1.807, 2.05) is 30.5 Å². The Bertz CT molecular complexity index is 846. The molecule has 1 heterocycles. The summed E-state index contributed by atoms with van der Waals surface area (Å²) in [5.41, 5.74) is 2.18. The van der Waals surface area contributed by atoms with Crippen molar-refractivity contribution in [1.29, 1.82) is 5.26 Å². The van der Waals surface area contributed by atoms with Crippen LogP contribution in [0.15, 0.2) is 59.3 Å². The minimum Gasteiger partial charge on any atom is -0.501 e. The number of nitrogens with zero attached hydrogens (tertiary/aromatic N) is 2. The standard InChI is InChI=1S/C23H29N5O2/c1-25-22(27-17-24)28-20-9-12-23(13-10-20,19-5-3-2-4-6-19)16-26-21(29)8-7-18-11-14-30-15-18/h2-8,15,20H,9-14,16H2,1H3,(H,26,29)(H2,25,27,28)/b8-7+. The fraction of sp³-hybridized carbons (Fsp3) is 0.435. The number of hydrogen-bond donors (Lipinski definition) is 3. The lowest BCUT2D eigenvalue weighted by Gasteiger charge is -2.41. The Morgan fingerprint density at radius 3 is 2.73 bits per heavy atom. The van der Waals surface area contributed by atoms with Gasteiger partial charge < -0.3 is 15.4 Å². The van der Waals surface area contributed by atoms with Crippen LogP contribution in [0.4, 0.5) is 0 Å². The summed E-state index contributed by atoms with van der Waals surface area (Å²) in [6.45, 7) is 1.27. The van der Waals surface area contributed by atoms with Gasteiger partial charge in [0.15, 0.2) is 6.19 Å². The Morgan fingerprint density at radius 1 is 1.33 bits per heavy atom. The van der Waals surface area contributed by atoms with E-state index < -0.39 is 0 Å². The minimum atomic E-state index is -0.106. The van der Waals surface area contributed by atoms with Crippen LogP contribution in [0, 0.1) is 11.5 Å². The number of amides is 1. The summed E-state index contributed by atoms with van der Waals surface area (Å²) in [4.78, 5) is 16.5. The third-order valence-electron chi connectivity index (χ3n) is 5.86. The molecule has 0 unspecified atom stereocenters. The Balaban J connectivity index is 1.63. The summed E-state index contributed by atoms with van der Waals surface area (Å²) in [6.07, 6.45) is 11.6.